The average molecular weight is 295 g/mol. The number of halogens is 1. The normalized spacial score (nSPS) is 16.6. The van der Waals surface area contributed by atoms with E-state index in [9.17, 15) is 4.39 Å². The molecule has 1 fully saturated rings. The van der Waals surface area contributed by atoms with Crippen LogP contribution in [0.25, 0.3) is 0 Å². The molecule has 0 radical (unpaired) electrons. The van der Waals surface area contributed by atoms with Gasteiger partial charge in [0, 0.05) is 31.4 Å². The molecular weight excluding hydrogens is 269 g/mol. The van der Waals surface area contributed by atoms with E-state index in [0.29, 0.717) is 30.7 Å². The van der Waals surface area contributed by atoms with Gasteiger partial charge in [0.15, 0.2) is 0 Å². The van der Waals surface area contributed by atoms with Crippen LogP contribution in [-0.2, 0) is 22.6 Å². The Morgan fingerprint density at radius 2 is 2.10 bits per heavy atom. The Hall–Kier alpha value is -0.970. The van der Waals surface area contributed by atoms with Gasteiger partial charge in [-0.05, 0) is 36.5 Å². The summed E-state index contributed by atoms with van der Waals surface area (Å²) in [4.78, 5) is 0. The molecule has 4 heteroatoms. The standard InChI is InChI=1S/C17H26FNO2/c1-13(2)19-10-15-3-4-17(18)16(9-15)12-21-11-14-5-7-20-8-6-14/h3-4,9,13-14,19H,5-8,10-12H2,1-2H3. The van der Waals surface area contributed by atoms with E-state index < -0.39 is 0 Å². The molecule has 1 aliphatic rings. The van der Waals surface area contributed by atoms with Crippen molar-refractivity contribution in [3.8, 4) is 0 Å². The van der Waals surface area contributed by atoms with Crippen LogP contribution >= 0.6 is 0 Å². The Kier molecular flexibility index (Phi) is 6.61. The van der Waals surface area contributed by atoms with Gasteiger partial charge >= 0.3 is 0 Å². The maximum Gasteiger partial charge on any atom is 0.128 e. The maximum absolute atomic E-state index is 13.8. The Balaban J connectivity index is 1.81. The van der Waals surface area contributed by atoms with Crippen LogP contribution in [0.15, 0.2) is 18.2 Å². The van der Waals surface area contributed by atoms with Crippen molar-refractivity contribution in [3.05, 3.63) is 35.1 Å². The van der Waals surface area contributed by atoms with Crippen molar-refractivity contribution < 1.29 is 13.9 Å². The second-order valence-corrected chi connectivity index (χ2v) is 6.03. The highest BCUT2D eigenvalue weighted by Gasteiger charge is 2.14. The second kappa shape index (κ2) is 8.47. The molecule has 0 atom stereocenters. The van der Waals surface area contributed by atoms with E-state index in [4.69, 9.17) is 9.47 Å². The molecule has 1 aromatic rings. The van der Waals surface area contributed by atoms with Crippen LogP contribution < -0.4 is 5.32 Å². The zero-order chi connectivity index (χ0) is 15.1. The molecule has 0 spiro atoms. The van der Waals surface area contributed by atoms with Gasteiger partial charge in [-0.15, -0.1) is 0 Å². The van der Waals surface area contributed by atoms with E-state index in [0.717, 1.165) is 38.2 Å². The van der Waals surface area contributed by atoms with Crippen LogP contribution in [0, 0.1) is 11.7 Å². The van der Waals surface area contributed by atoms with E-state index in [1.165, 1.54) is 6.07 Å². The summed E-state index contributed by atoms with van der Waals surface area (Å²) >= 11 is 0. The number of rotatable bonds is 7. The molecule has 0 unspecified atom stereocenters. The lowest BCUT2D eigenvalue weighted by molar-refractivity contribution is 0.0151. The first-order valence-corrected chi connectivity index (χ1v) is 7.81. The molecule has 0 saturated carbocycles. The maximum atomic E-state index is 13.8. The predicted octanol–water partition coefficient (Wildman–Crippen LogP) is 3.27. The smallest absolute Gasteiger partial charge is 0.128 e. The van der Waals surface area contributed by atoms with Crippen LogP contribution in [0.5, 0.6) is 0 Å². The monoisotopic (exact) mass is 295 g/mol. The Morgan fingerprint density at radius 3 is 2.81 bits per heavy atom. The van der Waals surface area contributed by atoms with Crippen molar-refractivity contribution >= 4 is 0 Å². The van der Waals surface area contributed by atoms with E-state index in [1.807, 2.05) is 12.1 Å². The summed E-state index contributed by atoms with van der Waals surface area (Å²) in [7, 11) is 0. The van der Waals surface area contributed by atoms with Crippen LogP contribution in [0.4, 0.5) is 4.39 Å². The largest absolute Gasteiger partial charge is 0.381 e. The van der Waals surface area contributed by atoms with Gasteiger partial charge < -0.3 is 14.8 Å². The molecule has 3 nitrogen and oxygen atoms in total. The van der Waals surface area contributed by atoms with Crippen molar-refractivity contribution in [2.24, 2.45) is 5.92 Å². The highest BCUT2D eigenvalue weighted by atomic mass is 19.1. The summed E-state index contributed by atoms with van der Waals surface area (Å²) in [6, 6.07) is 5.68. The van der Waals surface area contributed by atoms with Gasteiger partial charge in [0.1, 0.15) is 5.82 Å². The van der Waals surface area contributed by atoms with Crippen molar-refractivity contribution in [3.63, 3.8) is 0 Å². The molecule has 0 aromatic heterocycles. The van der Waals surface area contributed by atoms with Crippen LogP contribution in [-0.4, -0.2) is 25.9 Å². The second-order valence-electron chi connectivity index (χ2n) is 6.03. The number of nitrogens with one attached hydrogen (secondary N) is 1. The Labute approximate surface area is 126 Å². The third-order valence-electron chi connectivity index (χ3n) is 3.78. The van der Waals surface area contributed by atoms with Crippen molar-refractivity contribution in [1.82, 2.24) is 5.32 Å². The summed E-state index contributed by atoms with van der Waals surface area (Å²) in [5, 5.41) is 3.34. The number of hydrogen-bond donors (Lipinski definition) is 1. The summed E-state index contributed by atoms with van der Waals surface area (Å²) in [5.41, 5.74) is 1.74. The third-order valence-corrected chi connectivity index (χ3v) is 3.78. The van der Waals surface area contributed by atoms with Crippen molar-refractivity contribution in [1.29, 1.82) is 0 Å². The van der Waals surface area contributed by atoms with Crippen molar-refractivity contribution in [2.45, 2.75) is 45.9 Å². The summed E-state index contributed by atoms with van der Waals surface area (Å²) in [5.74, 6) is 0.364. The van der Waals surface area contributed by atoms with Gasteiger partial charge in [-0.3, -0.25) is 0 Å². The predicted molar refractivity (Wildman–Crippen MR) is 81.6 cm³/mol. The summed E-state index contributed by atoms with van der Waals surface area (Å²) in [6.07, 6.45) is 2.08. The van der Waals surface area contributed by atoms with E-state index in [-0.39, 0.29) is 5.82 Å². The van der Waals surface area contributed by atoms with Gasteiger partial charge in [0.25, 0.3) is 0 Å². The topological polar surface area (TPSA) is 30.5 Å². The van der Waals surface area contributed by atoms with Crippen LogP contribution in [0.2, 0.25) is 0 Å². The highest BCUT2D eigenvalue weighted by molar-refractivity contribution is 5.24. The lowest BCUT2D eigenvalue weighted by atomic mass is 10.0. The molecule has 1 N–H and O–H groups in total. The van der Waals surface area contributed by atoms with Gasteiger partial charge in [0.05, 0.1) is 13.2 Å². The zero-order valence-corrected chi connectivity index (χ0v) is 13.0. The lowest BCUT2D eigenvalue weighted by Gasteiger charge is -2.21. The molecule has 0 bridgehead atoms. The van der Waals surface area contributed by atoms with Gasteiger partial charge in [-0.25, -0.2) is 4.39 Å². The van der Waals surface area contributed by atoms with Crippen LogP contribution in [0.1, 0.15) is 37.8 Å². The Bertz CT molecular complexity index is 431. The first-order valence-electron chi connectivity index (χ1n) is 7.81. The molecule has 2 rings (SSSR count). The molecule has 21 heavy (non-hydrogen) atoms. The first kappa shape index (κ1) is 16.4. The van der Waals surface area contributed by atoms with E-state index >= 15 is 0 Å². The zero-order valence-electron chi connectivity index (χ0n) is 13.0. The minimum Gasteiger partial charge on any atom is -0.381 e. The van der Waals surface area contributed by atoms with E-state index in [1.54, 1.807) is 0 Å². The first-order chi connectivity index (χ1) is 10.1. The molecule has 0 amide bonds. The van der Waals surface area contributed by atoms with Crippen molar-refractivity contribution in [2.75, 3.05) is 19.8 Å². The van der Waals surface area contributed by atoms with Gasteiger partial charge in [-0.2, -0.15) is 0 Å². The molecule has 0 aliphatic carbocycles. The Morgan fingerprint density at radius 1 is 1.33 bits per heavy atom. The number of ether oxygens (including phenoxy) is 2. The minimum absolute atomic E-state index is 0.185. The summed E-state index contributed by atoms with van der Waals surface area (Å²) < 4.78 is 24.8. The van der Waals surface area contributed by atoms with Gasteiger partial charge in [-0.1, -0.05) is 19.9 Å². The lowest BCUT2D eigenvalue weighted by Crippen LogP contribution is -2.22. The van der Waals surface area contributed by atoms with Crippen LogP contribution in [0.3, 0.4) is 0 Å². The van der Waals surface area contributed by atoms with E-state index in [2.05, 4.69) is 19.2 Å². The quantitative estimate of drug-likeness (QED) is 0.837. The summed E-state index contributed by atoms with van der Waals surface area (Å²) in [6.45, 7) is 7.63. The molecule has 1 saturated heterocycles. The minimum atomic E-state index is -0.185. The SMILES string of the molecule is CC(C)NCc1ccc(F)c(COCC2CCOCC2)c1. The third kappa shape index (κ3) is 5.73. The fourth-order valence-electron chi connectivity index (χ4n) is 2.42. The fourth-order valence-corrected chi connectivity index (χ4v) is 2.42. The molecule has 1 heterocycles. The molecule has 118 valence electrons. The average Bonchev–Trinajstić information content (AvgIpc) is 2.49. The molecule has 1 aliphatic heterocycles. The van der Waals surface area contributed by atoms with Gasteiger partial charge in [0.2, 0.25) is 0 Å². The highest BCUT2D eigenvalue weighted by Crippen LogP contribution is 2.17. The molecular formula is C17H26FNO2. The fraction of sp³-hybridized carbons (Fsp3) is 0.647. The number of hydrogen-bond acceptors (Lipinski definition) is 3. The molecule has 1 aromatic carbocycles. The number of benzene rings is 1.